The van der Waals surface area contributed by atoms with E-state index in [4.69, 9.17) is 9.15 Å². The molecule has 0 saturated carbocycles. The number of oxazole rings is 1. The molecule has 3 aromatic heterocycles. The predicted molar refractivity (Wildman–Crippen MR) is 101 cm³/mol. The van der Waals surface area contributed by atoms with E-state index >= 15 is 0 Å². The highest BCUT2D eigenvalue weighted by Gasteiger charge is 2.16. The predicted octanol–water partition coefficient (Wildman–Crippen LogP) is 3.60. The largest absolute Gasteiger partial charge is 0.497 e. The van der Waals surface area contributed by atoms with E-state index in [-0.39, 0.29) is 6.04 Å². The number of aryl methyl sites for hydroxylation is 2. The van der Waals surface area contributed by atoms with Gasteiger partial charge in [-0.2, -0.15) is 10.1 Å². The molecule has 0 aliphatic rings. The van der Waals surface area contributed by atoms with Crippen LogP contribution in [0.3, 0.4) is 0 Å². The Morgan fingerprint density at radius 3 is 2.63 bits per heavy atom. The number of hydrogen-bond acceptors (Lipinski definition) is 7. The molecule has 8 nitrogen and oxygen atoms in total. The lowest BCUT2D eigenvalue weighted by molar-refractivity contribution is 0.414. The van der Waals surface area contributed by atoms with Gasteiger partial charge < -0.3 is 14.5 Å². The molecule has 8 heteroatoms. The van der Waals surface area contributed by atoms with E-state index in [0.717, 1.165) is 17.0 Å². The second-order valence-electron chi connectivity index (χ2n) is 6.29. The van der Waals surface area contributed by atoms with E-state index in [2.05, 4.69) is 25.4 Å². The number of anilines is 1. The first-order valence-electron chi connectivity index (χ1n) is 8.61. The Morgan fingerprint density at radius 1 is 1.11 bits per heavy atom. The minimum atomic E-state index is -0.0218. The molecule has 4 aromatic rings. The van der Waals surface area contributed by atoms with Crippen molar-refractivity contribution in [1.29, 1.82) is 0 Å². The molecule has 138 valence electrons. The summed E-state index contributed by atoms with van der Waals surface area (Å²) in [6.07, 6.45) is 3.82. The van der Waals surface area contributed by atoms with E-state index in [9.17, 15) is 0 Å². The molecule has 0 aliphatic carbocycles. The maximum Gasteiger partial charge on any atom is 0.252 e. The van der Waals surface area contributed by atoms with E-state index < -0.39 is 0 Å². The zero-order valence-electron chi connectivity index (χ0n) is 15.6. The number of methoxy groups -OCH3 is 1. The molecule has 3 heterocycles. The fraction of sp³-hybridized carbons (Fsp3) is 0.263. The summed E-state index contributed by atoms with van der Waals surface area (Å²) in [5.41, 5.74) is 3.10. The van der Waals surface area contributed by atoms with Crippen molar-refractivity contribution in [2.75, 3.05) is 12.4 Å². The van der Waals surface area contributed by atoms with Gasteiger partial charge in [-0.3, -0.25) is 0 Å². The van der Waals surface area contributed by atoms with Crippen molar-refractivity contribution in [2.24, 2.45) is 0 Å². The van der Waals surface area contributed by atoms with E-state index in [1.807, 2.05) is 55.2 Å². The van der Waals surface area contributed by atoms with Crippen molar-refractivity contribution < 1.29 is 9.15 Å². The Morgan fingerprint density at radius 2 is 1.89 bits per heavy atom. The van der Waals surface area contributed by atoms with Crippen LogP contribution in [0.15, 0.2) is 41.1 Å². The van der Waals surface area contributed by atoms with Crippen LogP contribution in [0, 0.1) is 13.8 Å². The van der Waals surface area contributed by atoms with Crippen LogP contribution in [0.4, 0.5) is 5.82 Å². The van der Waals surface area contributed by atoms with Gasteiger partial charge in [-0.05, 0) is 38.1 Å². The molecule has 1 atom stereocenters. The second kappa shape index (κ2) is 6.71. The van der Waals surface area contributed by atoms with Crippen LogP contribution < -0.4 is 10.1 Å². The standard InChI is InChI=1S/C19H20N6O2/c1-11(21-18-17-19(23-12(2)22-18)27-13(3)24-17)14-9-20-25(10-14)15-5-7-16(26-4)8-6-15/h5-11H,1-4H3,(H,21,22,23)/t11-/m0/s1. The summed E-state index contributed by atoms with van der Waals surface area (Å²) in [6.45, 7) is 5.67. The summed E-state index contributed by atoms with van der Waals surface area (Å²) in [7, 11) is 1.65. The molecule has 27 heavy (non-hydrogen) atoms. The van der Waals surface area contributed by atoms with E-state index in [0.29, 0.717) is 28.8 Å². The average molecular weight is 364 g/mol. The molecule has 0 spiro atoms. The Balaban J connectivity index is 1.59. The number of hydrogen-bond donors (Lipinski definition) is 1. The molecule has 0 unspecified atom stereocenters. The average Bonchev–Trinajstić information content (AvgIpc) is 3.28. The maximum atomic E-state index is 5.53. The second-order valence-corrected chi connectivity index (χ2v) is 6.29. The zero-order chi connectivity index (χ0) is 19.0. The monoisotopic (exact) mass is 364 g/mol. The van der Waals surface area contributed by atoms with Gasteiger partial charge in [-0.1, -0.05) is 0 Å². The summed E-state index contributed by atoms with van der Waals surface area (Å²) in [5, 5.41) is 7.85. The summed E-state index contributed by atoms with van der Waals surface area (Å²) >= 11 is 0. The Kier molecular flexibility index (Phi) is 4.23. The van der Waals surface area contributed by atoms with Crippen molar-refractivity contribution >= 4 is 17.0 Å². The Hall–Kier alpha value is -3.42. The maximum absolute atomic E-state index is 5.53. The van der Waals surface area contributed by atoms with Gasteiger partial charge in [0.25, 0.3) is 5.71 Å². The molecule has 0 saturated heterocycles. The number of aromatic nitrogens is 5. The van der Waals surface area contributed by atoms with E-state index in [1.165, 1.54) is 0 Å². The molecule has 0 bridgehead atoms. The molecule has 4 rings (SSSR count). The Bertz CT molecular complexity index is 1080. The van der Waals surface area contributed by atoms with Gasteiger partial charge in [-0.15, -0.1) is 0 Å². The smallest absolute Gasteiger partial charge is 0.252 e. The van der Waals surface area contributed by atoms with Gasteiger partial charge in [0.1, 0.15) is 11.6 Å². The van der Waals surface area contributed by atoms with Crippen LogP contribution in [-0.2, 0) is 0 Å². The van der Waals surface area contributed by atoms with Gasteiger partial charge in [0, 0.05) is 18.7 Å². The van der Waals surface area contributed by atoms with Crippen molar-refractivity contribution in [3.8, 4) is 11.4 Å². The van der Waals surface area contributed by atoms with Gasteiger partial charge >= 0.3 is 0 Å². The molecule has 0 aliphatic heterocycles. The number of ether oxygens (including phenoxy) is 1. The van der Waals surface area contributed by atoms with Gasteiger partial charge in [0.15, 0.2) is 17.2 Å². The molecule has 0 amide bonds. The van der Waals surface area contributed by atoms with Crippen LogP contribution >= 0.6 is 0 Å². The lowest BCUT2D eigenvalue weighted by Crippen LogP contribution is -2.09. The quantitative estimate of drug-likeness (QED) is 0.578. The molecule has 1 N–H and O–H groups in total. The third-order valence-electron chi connectivity index (χ3n) is 4.27. The lowest BCUT2D eigenvalue weighted by atomic mass is 10.2. The van der Waals surface area contributed by atoms with Gasteiger partial charge in [-0.25, -0.2) is 14.6 Å². The van der Waals surface area contributed by atoms with Crippen molar-refractivity contribution in [3.63, 3.8) is 0 Å². The highest BCUT2D eigenvalue weighted by Crippen LogP contribution is 2.25. The van der Waals surface area contributed by atoms with Crippen LogP contribution in [0.5, 0.6) is 5.75 Å². The molecule has 0 radical (unpaired) electrons. The van der Waals surface area contributed by atoms with Crippen LogP contribution in [0.1, 0.15) is 30.2 Å². The third kappa shape index (κ3) is 3.33. The number of nitrogens with zero attached hydrogens (tertiary/aromatic N) is 5. The summed E-state index contributed by atoms with van der Waals surface area (Å²) < 4.78 is 12.6. The zero-order valence-corrected chi connectivity index (χ0v) is 15.6. The van der Waals surface area contributed by atoms with E-state index in [1.54, 1.807) is 14.0 Å². The number of rotatable bonds is 5. The summed E-state index contributed by atoms with van der Waals surface area (Å²) in [5.74, 6) is 2.65. The van der Waals surface area contributed by atoms with Crippen LogP contribution in [-0.4, -0.2) is 31.8 Å². The minimum absolute atomic E-state index is 0.0218. The number of benzene rings is 1. The summed E-state index contributed by atoms with van der Waals surface area (Å²) in [6, 6.07) is 7.72. The fourth-order valence-corrected chi connectivity index (χ4v) is 2.86. The van der Waals surface area contributed by atoms with Crippen LogP contribution in [0.25, 0.3) is 16.9 Å². The topological polar surface area (TPSA) is 90.9 Å². The first kappa shape index (κ1) is 17.0. The van der Waals surface area contributed by atoms with Crippen LogP contribution in [0.2, 0.25) is 0 Å². The van der Waals surface area contributed by atoms with Crippen molar-refractivity contribution in [3.05, 3.63) is 53.9 Å². The highest BCUT2D eigenvalue weighted by molar-refractivity contribution is 5.81. The Labute approximate surface area is 156 Å². The normalized spacial score (nSPS) is 12.3. The fourth-order valence-electron chi connectivity index (χ4n) is 2.86. The van der Waals surface area contributed by atoms with Gasteiger partial charge in [0.2, 0.25) is 0 Å². The SMILES string of the molecule is COc1ccc(-n2cc([C@H](C)Nc3nc(C)nc4oc(C)nc34)cn2)cc1. The summed E-state index contributed by atoms with van der Waals surface area (Å²) in [4.78, 5) is 13.1. The van der Waals surface area contributed by atoms with Crippen molar-refractivity contribution in [2.45, 2.75) is 26.8 Å². The molecule has 0 fully saturated rings. The third-order valence-corrected chi connectivity index (χ3v) is 4.27. The number of nitrogens with one attached hydrogen (secondary N) is 1. The number of fused-ring (bicyclic) bond motifs is 1. The first-order chi connectivity index (χ1) is 13.0. The first-order valence-corrected chi connectivity index (χ1v) is 8.61. The highest BCUT2D eigenvalue weighted by atomic mass is 16.5. The van der Waals surface area contributed by atoms with Crippen molar-refractivity contribution in [1.82, 2.24) is 24.7 Å². The molecular weight excluding hydrogens is 344 g/mol. The van der Waals surface area contributed by atoms with Gasteiger partial charge in [0.05, 0.1) is 25.0 Å². The minimum Gasteiger partial charge on any atom is -0.497 e. The molecule has 1 aromatic carbocycles. The lowest BCUT2D eigenvalue weighted by Gasteiger charge is -2.13. The molecular formula is C19H20N6O2.